The lowest BCUT2D eigenvalue weighted by molar-refractivity contribution is -0.137. The number of halogens is 3. The van der Waals surface area contributed by atoms with Crippen molar-refractivity contribution in [2.75, 3.05) is 5.32 Å². The lowest BCUT2D eigenvalue weighted by Gasteiger charge is -2.26. The van der Waals surface area contributed by atoms with Gasteiger partial charge in [0.05, 0.1) is 29.1 Å². The Morgan fingerprint density at radius 3 is 2.62 bits per heavy atom. The van der Waals surface area contributed by atoms with Crippen LogP contribution in [0.1, 0.15) is 36.8 Å². The van der Waals surface area contributed by atoms with Crippen LogP contribution in [0.25, 0.3) is 22.3 Å². The number of aliphatic hydroxyl groups excluding tert-OH is 1. The number of hydrogen-bond acceptors (Lipinski definition) is 6. The number of fused-ring (bicyclic) bond motifs is 1. The molecule has 0 aromatic carbocycles. The number of H-pyrrole nitrogens is 1. The molecule has 3 heterocycles. The highest BCUT2D eigenvalue weighted by molar-refractivity contribution is 5.94. The third kappa shape index (κ3) is 3.86. The van der Waals surface area contributed by atoms with Crippen LogP contribution in [-0.4, -0.2) is 37.2 Å². The number of anilines is 1. The Hall–Kier alpha value is -3.19. The zero-order valence-electron chi connectivity index (χ0n) is 15.2. The normalized spacial score (nSPS) is 19.8. The van der Waals surface area contributed by atoms with Crippen molar-refractivity contribution in [1.82, 2.24) is 19.9 Å². The molecule has 0 aliphatic heterocycles. The molecule has 0 amide bonds. The third-order valence-corrected chi connectivity index (χ3v) is 5.05. The van der Waals surface area contributed by atoms with E-state index in [1.165, 1.54) is 12.4 Å². The van der Waals surface area contributed by atoms with Gasteiger partial charge in [-0.05, 0) is 31.7 Å². The van der Waals surface area contributed by atoms with Crippen LogP contribution in [0.5, 0.6) is 0 Å². The molecule has 1 aliphatic carbocycles. The molecular weight excluding hydrogens is 385 g/mol. The number of aromatic nitrogens is 4. The molecule has 0 saturated heterocycles. The summed E-state index contributed by atoms with van der Waals surface area (Å²) in [7, 11) is 0. The summed E-state index contributed by atoms with van der Waals surface area (Å²) < 4.78 is 39.3. The van der Waals surface area contributed by atoms with Crippen molar-refractivity contribution in [3.8, 4) is 17.3 Å². The zero-order valence-corrected chi connectivity index (χ0v) is 15.2. The fraction of sp³-hybridized carbons (Fsp3) is 0.368. The SMILES string of the molecule is N#Cc1cnc(NC2CCC(O)CC2)nc1-c1c[nH]c2ncc(C(F)(F)F)cc12. The summed E-state index contributed by atoms with van der Waals surface area (Å²) in [6, 6.07) is 3.06. The van der Waals surface area contributed by atoms with Gasteiger partial charge < -0.3 is 15.4 Å². The minimum atomic E-state index is -4.53. The Morgan fingerprint density at radius 1 is 1.17 bits per heavy atom. The van der Waals surface area contributed by atoms with Gasteiger partial charge in [0.1, 0.15) is 11.7 Å². The zero-order chi connectivity index (χ0) is 20.6. The first kappa shape index (κ1) is 19.1. The summed E-state index contributed by atoms with van der Waals surface area (Å²) in [5.41, 5.74) is 0.115. The van der Waals surface area contributed by atoms with Crippen LogP contribution in [0.3, 0.4) is 0 Å². The molecule has 0 spiro atoms. The number of alkyl halides is 3. The van der Waals surface area contributed by atoms with Crippen LogP contribution in [0.4, 0.5) is 19.1 Å². The van der Waals surface area contributed by atoms with E-state index in [2.05, 4.69) is 25.3 Å². The van der Waals surface area contributed by atoms with Gasteiger partial charge in [-0.15, -0.1) is 0 Å². The van der Waals surface area contributed by atoms with Crippen molar-refractivity contribution in [2.24, 2.45) is 0 Å². The number of nitriles is 1. The first-order valence-electron chi connectivity index (χ1n) is 9.11. The number of aromatic amines is 1. The number of nitrogens with zero attached hydrogens (tertiary/aromatic N) is 4. The molecule has 3 aromatic heterocycles. The van der Waals surface area contributed by atoms with E-state index in [0.717, 1.165) is 25.1 Å². The van der Waals surface area contributed by atoms with Gasteiger partial charge >= 0.3 is 6.18 Å². The monoisotopic (exact) mass is 402 g/mol. The topological polar surface area (TPSA) is 111 Å². The molecule has 7 nitrogen and oxygen atoms in total. The van der Waals surface area contributed by atoms with Crippen molar-refractivity contribution in [3.05, 3.63) is 35.8 Å². The Labute approximate surface area is 163 Å². The number of pyridine rings is 1. The number of hydrogen-bond donors (Lipinski definition) is 3. The summed E-state index contributed by atoms with van der Waals surface area (Å²) in [4.78, 5) is 15.2. The lowest BCUT2D eigenvalue weighted by atomic mass is 9.93. The van der Waals surface area contributed by atoms with Crippen LogP contribution in [0.2, 0.25) is 0 Å². The van der Waals surface area contributed by atoms with Crippen molar-refractivity contribution < 1.29 is 18.3 Å². The summed E-state index contributed by atoms with van der Waals surface area (Å²) >= 11 is 0. The van der Waals surface area contributed by atoms with Gasteiger partial charge in [0.2, 0.25) is 5.95 Å². The van der Waals surface area contributed by atoms with Crippen LogP contribution in [0.15, 0.2) is 24.7 Å². The van der Waals surface area contributed by atoms with Crippen molar-refractivity contribution in [3.63, 3.8) is 0 Å². The van der Waals surface area contributed by atoms with Gasteiger partial charge in [-0.2, -0.15) is 18.4 Å². The quantitative estimate of drug-likeness (QED) is 0.617. The molecule has 4 rings (SSSR count). The number of aliphatic hydroxyl groups is 1. The van der Waals surface area contributed by atoms with E-state index in [4.69, 9.17) is 0 Å². The van der Waals surface area contributed by atoms with E-state index in [9.17, 15) is 23.5 Å². The molecule has 0 unspecified atom stereocenters. The first-order valence-corrected chi connectivity index (χ1v) is 9.11. The third-order valence-electron chi connectivity index (χ3n) is 5.05. The highest BCUT2D eigenvalue weighted by Gasteiger charge is 2.31. The average Bonchev–Trinajstić information content (AvgIpc) is 3.12. The maximum atomic E-state index is 13.1. The van der Waals surface area contributed by atoms with E-state index in [1.807, 2.05) is 6.07 Å². The van der Waals surface area contributed by atoms with E-state index in [1.54, 1.807) is 0 Å². The second-order valence-electron chi connectivity index (χ2n) is 7.04. The summed E-state index contributed by atoms with van der Waals surface area (Å²) in [6.07, 6.45) is 1.63. The summed E-state index contributed by atoms with van der Waals surface area (Å²) in [5.74, 6) is 0.287. The van der Waals surface area contributed by atoms with Gasteiger partial charge in [-0.1, -0.05) is 0 Å². The Morgan fingerprint density at radius 2 is 1.93 bits per heavy atom. The van der Waals surface area contributed by atoms with Gasteiger partial charge in [0.15, 0.2) is 0 Å². The second kappa shape index (κ2) is 7.33. The average molecular weight is 402 g/mol. The van der Waals surface area contributed by atoms with Gasteiger partial charge in [-0.25, -0.2) is 15.0 Å². The van der Waals surface area contributed by atoms with Gasteiger partial charge in [0, 0.05) is 29.4 Å². The molecule has 0 atom stereocenters. The molecule has 1 fully saturated rings. The molecule has 10 heteroatoms. The molecular formula is C19H17F3N6O. The van der Waals surface area contributed by atoms with Crippen LogP contribution < -0.4 is 5.32 Å². The van der Waals surface area contributed by atoms with Gasteiger partial charge in [-0.3, -0.25) is 0 Å². The van der Waals surface area contributed by atoms with E-state index < -0.39 is 11.7 Å². The summed E-state index contributed by atoms with van der Waals surface area (Å²) in [6.45, 7) is 0. The fourth-order valence-electron chi connectivity index (χ4n) is 3.50. The maximum Gasteiger partial charge on any atom is 0.417 e. The Balaban J connectivity index is 1.73. The maximum absolute atomic E-state index is 13.1. The second-order valence-corrected chi connectivity index (χ2v) is 7.04. The molecule has 1 saturated carbocycles. The highest BCUT2D eigenvalue weighted by Crippen LogP contribution is 2.35. The standard InChI is InChI=1S/C19H17F3N6O/c20-19(21,22)11-5-14-15(9-25-17(14)24-8-11)16-10(6-23)7-26-18(28-16)27-12-1-3-13(29)4-2-12/h5,7-9,12-13,29H,1-4H2,(H,24,25)(H,26,27,28). The van der Waals surface area contributed by atoms with E-state index in [0.29, 0.717) is 18.4 Å². The van der Waals surface area contributed by atoms with Crippen molar-refractivity contribution in [1.29, 1.82) is 5.26 Å². The first-order chi connectivity index (χ1) is 13.8. The molecule has 1 aliphatic rings. The molecule has 29 heavy (non-hydrogen) atoms. The van der Waals surface area contributed by atoms with E-state index >= 15 is 0 Å². The highest BCUT2D eigenvalue weighted by atomic mass is 19.4. The number of rotatable bonds is 3. The van der Waals surface area contributed by atoms with Gasteiger partial charge in [0.25, 0.3) is 0 Å². The fourth-order valence-corrected chi connectivity index (χ4v) is 3.50. The van der Waals surface area contributed by atoms with E-state index in [-0.39, 0.29) is 40.4 Å². The molecule has 3 aromatic rings. The Bertz CT molecular complexity index is 1080. The Kier molecular flexibility index (Phi) is 4.84. The van der Waals surface area contributed by atoms with Crippen LogP contribution in [0, 0.1) is 11.3 Å². The smallest absolute Gasteiger partial charge is 0.393 e. The molecule has 0 radical (unpaired) electrons. The molecule has 150 valence electrons. The minimum absolute atomic E-state index is 0.0839. The van der Waals surface area contributed by atoms with Crippen molar-refractivity contribution >= 4 is 17.0 Å². The van der Waals surface area contributed by atoms with Crippen LogP contribution >= 0.6 is 0 Å². The van der Waals surface area contributed by atoms with Crippen LogP contribution in [-0.2, 0) is 6.18 Å². The largest absolute Gasteiger partial charge is 0.417 e. The number of nitrogens with one attached hydrogen (secondary N) is 2. The molecule has 3 N–H and O–H groups in total. The summed E-state index contributed by atoms with van der Waals surface area (Å²) in [5, 5.41) is 22.5. The lowest BCUT2D eigenvalue weighted by Crippen LogP contribution is -2.29. The van der Waals surface area contributed by atoms with Crippen molar-refractivity contribution in [2.45, 2.75) is 44.0 Å². The predicted molar refractivity (Wildman–Crippen MR) is 98.7 cm³/mol. The molecule has 0 bridgehead atoms. The predicted octanol–water partition coefficient (Wildman–Crippen LogP) is 3.63. The minimum Gasteiger partial charge on any atom is -0.393 e.